The van der Waals surface area contributed by atoms with Crippen molar-refractivity contribution < 1.29 is 9.90 Å². The summed E-state index contributed by atoms with van der Waals surface area (Å²) in [5, 5.41) is 9.24. The number of hydrogen-bond donors (Lipinski definition) is 1. The fraction of sp³-hybridized carbons (Fsp3) is 0.562. The highest BCUT2D eigenvalue weighted by Crippen LogP contribution is 2.23. The molecular formula is C16H25NO2. The van der Waals surface area contributed by atoms with Crippen LogP contribution in [0.1, 0.15) is 52.0 Å². The Labute approximate surface area is 116 Å². The minimum Gasteiger partial charge on any atom is -0.392 e. The summed E-state index contributed by atoms with van der Waals surface area (Å²) in [4.78, 5) is 14.3. The first-order valence-corrected chi connectivity index (χ1v) is 7.19. The Balaban J connectivity index is 3.10. The summed E-state index contributed by atoms with van der Waals surface area (Å²) >= 11 is 0. The number of nitrogens with zero attached hydrogens (tertiary/aromatic N) is 1. The lowest BCUT2D eigenvalue weighted by Crippen LogP contribution is -2.39. The molecule has 0 saturated carbocycles. The Morgan fingerprint density at radius 2 is 1.95 bits per heavy atom. The number of carbonyl (C=O) groups excluding carboxylic acids is 1. The molecule has 0 atom stereocenters. The molecule has 0 aliphatic rings. The van der Waals surface area contributed by atoms with Crippen molar-refractivity contribution in [2.45, 2.75) is 59.1 Å². The first-order chi connectivity index (χ1) is 9.17. The largest absolute Gasteiger partial charge is 0.392 e. The van der Waals surface area contributed by atoms with Crippen LogP contribution in [0.15, 0.2) is 24.3 Å². The van der Waals surface area contributed by atoms with Crippen molar-refractivity contribution in [3.05, 3.63) is 29.8 Å². The first kappa shape index (κ1) is 15.7. The zero-order chi connectivity index (χ0) is 14.3. The third-order valence-electron chi connectivity index (χ3n) is 3.41. The highest BCUT2D eigenvalue weighted by atomic mass is 16.3. The van der Waals surface area contributed by atoms with Gasteiger partial charge in [-0.15, -0.1) is 0 Å². The second-order valence-electron chi connectivity index (χ2n) is 4.81. The Morgan fingerprint density at radius 1 is 1.26 bits per heavy atom. The lowest BCUT2D eigenvalue weighted by molar-refractivity contribution is -0.119. The van der Waals surface area contributed by atoms with Crippen LogP contribution in [0.25, 0.3) is 0 Å². The maximum atomic E-state index is 12.4. The number of amides is 1. The van der Waals surface area contributed by atoms with E-state index >= 15 is 0 Å². The SMILES string of the molecule is CCCC(=O)N(c1cccc(CO)c1)C(CC)CC. The number of benzene rings is 1. The maximum Gasteiger partial charge on any atom is 0.227 e. The van der Waals surface area contributed by atoms with Gasteiger partial charge in [0.15, 0.2) is 0 Å². The monoisotopic (exact) mass is 263 g/mol. The summed E-state index contributed by atoms with van der Waals surface area (Å²) < 4.78 is 0. The summed E-state index contributed by atoms with van der Waals surface area (Å²) in [6, 6.07) is 7.86. The molecule has 0 aromatic heterocycles. The molecule has 19 heavy (non-hydrogen) atoms. The predicted molar refractivity (Wildman–Crippen MR) is 79.1 cm³/mol. The summed E-state index contributed by atoms with van der Waals surface area (Å²) in [5.74, 6) is 0.172. The lowest BCUT2D eigenvalue weighted by atomic mass is 10.1. The van der Waals surface area contributed by atoms with E-state index in [4.69, 9.17) is 0 Å². The van der Waals surface area contributed by atoms with E-state index < -0.39 is 0 Å². The van der Waals surface area contributed by atoms with Crippen LogP contribution in [0.2, 0.25) is 0 Å². The fourth-order valence-electron chi connectivity index (χ4n) is 2.35. The number of aliphatic hydroxyl groups excluding tert-OH is 1. The molecule has 1 amide bonds. The number of hydrogen-bond acceptors (Lipinski definition) is 2. The van der Waals surface area contributed by atoms with Gasteiger partial charge in [-0.25, -0.2) is 0 Å². The lowest BCUT2D eigenvalue weighted by Gasteiger charge is -2.31. The van der Waals surface area contributed by atoms with Crippen LogP contribution in [0.3, 0.4) is 0 Å². The molecule has 1 rings (SSSR count). The van der Waals surface area contributed by atoms with Gasteiger partial charge < -0.3 is 10.0 Å². The second-order valence-corrected chi connectivity index (χ2v) is 4.81. The van der Waals surface area contributed by atoms with E-state index in [1.807, 2.05) is 36.1 Å². The molecule has 0 bridgehead atoms. The molecule has 1 N–H and O–H groups in total. The molecule has 106 valence electrons. The fourth-order valence-corrected chi connectivity index (χ4v) is 2.35. The molecule has 1 aromatic carbocycles. The van der Waals surface area contributed by atoms with Crippen molar-refractivity contribution in [2.24, 2.45) is 0 Å². The minimum atomic E-state index is 0.00651. The van der Waals surface area contributed by atoms with Crippen molar-refractivity contribution in [1.29, 1.82) is 0 Å². The topological polar surface area (TPSA) is 40.5 Å². The van der Waals surface area contributed by atoms with E-state index in [9.17, 15) is 9.90 Å². The van der Waals surface area contributed by atoms with Gasteiger partial charge in [-0.2, -0.15) is 0 Å². The van der Waals surface area contributed by atoms with Gasteiger partial charge in [0.25, 0.3) is 0 Å². The molecule has 0 aliphatic carbocycles. The van der Waals surface area contributed by atoms with Gasteiger partial charge >= 0.3 is 0 Å². The molecule has 0 spiro atoms. The van der Waals surface area contributed by atoms with E-state index in [2.05, 4.69) is 13.8 Å². The predicted octanol–water partition coefficient (Wildman–Crippen LogP) is 3.50. The van der Waals surface area contributed by atoms with Crippen molar-refractivity contribution in [3.8, 4) is 0 Å². The van der Waals surface area contributed by atoms with Gasteiger partial charge in [-0.3, -0.25) is 4.79 Å². The molecule has 3 nitrogen and oxygen atoms in total. The number of carbonyl (C=O) groups is 1. The first-order valence-electron chi connectivity index (χ1n) is 7.19. The van der Waals surface area contributed by atoms with Crippen LogP contribution in [-0.2, 0) is 11.4 Å². The molecule has 3 heteroatoms. The van der Waals surface area contributed by atoms with Crippen LogP contribution in [0.4, 0.5) is 5.69 Å². The van der Waals surface area contributed by atoms with E-state index in [-0.39, 0.29) is 18.6 Å². The van der Waals surface area contributed by atoms with Gasteiger partial charge in [0, 0.05) is 18.2 Å². The standard InChI is InChI=1S/C16H25NO2/c1-4-8-16(19)17(14(5-2)6-3)15-10-7-9-13(11-15)12-18/h7,9-11,14,18H,4-6,8,12H2,1-3H3. The van der Waals surface area contributed by atoms with E-state index in [1.165, 1.54) is 0 Å². The van der Waals surface area contributed by atoms with Gasteiger partial charge in [-0.05, 0) is 37.0 Å². The number of aliphatic hydroxyl groups is 1. The molecule has 0 heterocycles. The van der Waals surface area contributed by atoms with Gasteiger partial charge in [0.1, 0.15) is 0 Å². The summed E-state index contributed by atoms with van der Waals surface area (Å²) in [6.07, 6.45) is 3.31. The number of anilines is 1. The minimum absolute atomic E-state index is 0.00651. The van der Waals surface area contributed by atoms with Crippen molar-refractivity contribution >= 4 is 11.6 Å². The highest BCUT2D eigenvalue weighted by molar-refractivity contribution is 5.94. The third kappa shape index (κ3) is 4.06. The number of rotatable bonds is 7. The Kier molecular flexibility index (Phi) is 6.57. The van der Waals surface area contributed by atoms with Crippen LogP contribution < -0.4 is 4.90 Å². The maximum absolute atomic E-state index is 12.4. The Bertz CT molecular complexity index is 399. The van der Waals surface area contributed by atoms with Gasteiger partial charge in [-0.1, -0.05) is 32.9 Å². The van der Waals surface area contributed by atoms with E-state index in [1.54, 1.807) is 0 Å². The highest BCUT2D eigenvalue weighted by Gasteiger charge is 2.22. The van der Waals surface area contributed by atoms with Gasteiger partial charge in [0.05, 0.1) is 6.61 Å². The molecule has 0 saturated heterocycles. The van der Waals surface area contributed by atoms with E-state index in [0.717, 1.165) is 30.5 Å². The smallest absolute Gasteiger partial charge is 0.227 e. The quantitative estimate of drug-likeness (QED) is 0.818. The molecule has 0 aliphatic heterocycles. The Morgan fingerprint density at radius 3 is 2.47 bits per heavy atom. The molecule has 0 fully saturated rings. The molecule has 0 unspecified atom stereocenters. The normalized spacial score (nSPS) is 10.8. The zero-order valence-corrected chi connectivity index (χ0v) is 12.2. The summed E-state index contributed by atoms with van der Waals surface area (Å²) in [5.41, 5.74) is 1.75. The van der Waals surface area contributed by atoms with Crippen LogP contribution >= 0.6 is 0 Å². The average molecular weight is 263 g/mol. The summed E-state index contributed by atoms with van der Waals surface area (Å²) in [6.45, 7) is 6.24. The van der Waals surface area contributed by atoms with Crippen molar-refractivity contribution in [1.82, 2.24) is 0 Å². The van der Waals surface area contributed by atoms with Crippen molar-refractivity contribution in [3.63, 3.8) is 0 Å². The molecular weight excluding hydrogens is 238 g/mol. The molecule has 1 aromatic rings. The third-order valence-corrected chi connectivity index (χ3v) is 3.41. The van der Waals surface area contributed by atoms with Gasteiger partial charge in [0.2, 0.25) is 5.91 Å². The Hall–Kier alpha value is -1.35. The van der Waals surface area contributed by atoms with Crippen LogP contribution in [0, 0.1) is 0 Å². The zero-order valence-electron chi connectivity index (χ0n) is 12.2. The van der Waals surface area contributed by atoms with Crippen LogP contribution in [-0.4, -0.2) is 17.1 Å². The van der Waals surface area contributed by atoms with Crippen LogP contribution in [0.5, 0.6) is 0 Å². The van der Waals surface area contributed by atoms with Crippen molar-refractivity contribution in [2.75, 3.05) is 4.90 Å². The second kappa shape index (κ2) is 7.95. The van der Waals surface area contributed by atoms with E-state index in [0.29, 0.717) is 6.42 Å². The average Bonchev–Trinajstić information content (AvgIpc) is 2.44. The summed E-state index contributed by atoms with van der Waals surface area (Å²) in [7, 11) is 0. The molecule has 0 radical (unpaired) electrons.